The van der Waals surface area contributed by atoms with E-state index in [-0.39, 0.29) is 17.2 Å². The van der Waals surface area contributed by atoms with Gasteiger partial charge in [-0.2, -0.15) is 13.2 Å². The van der Waals surface area contributed by atoms with Crippen molar-refractivity contribution in [1.82, 2.24) is 25.1 Å². The van der Waals surface area contributed by atoms with E-state index in [0.29, 0.717) is 23.9 Å². The highest BCUT2D eigenvalue weighted by Crippen LogP contribution is 2.52. The van der Waals surface area contributed by atoms with E-state index < -0.39 is 11.7 Å². The van der Waals surface area contributed by atoms with E-state index in [4.69, 9.17) is 0 Å². The molecule has 5 atom stereocenters. The first-order valence-electron chi connectivity index (χ1n) is 9.94. The summed E-state index contributed by atoms with van der Waals surface area (Å²) in [5, 5.41) is 3.39. The van der Waals surface area contributed by atoms with Crippen molar-refractivity contribution < 1.29 is 13.2 Å². The Morgan fingerprint density at radius 3 is 2.75 bits per heavy atom. The van der Waals surface area contributed by atoms with Crippen LogP contribution in [0.3, 0.4) is 0 Å². The molecule has 152 valence electrons. The number of fused-ring (bicyclic) bond motifs is 1. The number of hydrazine groups is 1. The predicted molar refractivity (Wildman–Crippen MR) is 97.3 cm³/mol. The van der Waals surface area contributed by atoms with Gasteiger partial charge in [0.1, 0.15) is 0 Å². The largest absolute Gasteiger partial charge is 0.418 e. The molecular weight excluding hydrogens is 371 g/mol. The van der Waals surface area contributed by atoms with E-state index in [1.54, 1.807) is 4.57 Å². The summed E-state index contributed by atoms with van der Waals surface area (Å²) >= 11 is 0. The van der Waals surface area contributed by atoms with Crippen LogP contribution in [0, 0.1) is 17.8 Å². The standard InChI is InChI=1S/C19H24F3N5O/c20-19(21,22)15-5-2-6-26-16(15)9-27(18(26)28)12-4-1-3-11(7-12)13-8-14(13)17-23-10-24-25-17/h2,5-6,9,11-14,17,23-25H,1,3-4,7-8,10H2/t11?,12?,13-,14-,17?/m1/s1. The maximum Gasteiger partial charge on any atom is 0.418 e. The summed E-state index contributed by atoms with van der Waals surface area (Å²) in [4.78, 5) is 12.8. The van der Waals surface area contributed by atoms with Gasteiger partial charge in [-0.1, -0.05) is 12.8 Å². The Bertz CT molecular complexity index is 930. The molecule has 28 heavy (non-hydrogen) atoms. The van der Waals surface area contributed by atoms with Crippen molar-refractivity contribution in [2.75, 3.05) is 6.67 Å². The zero-order chi connectivity index (χ0) is 19.5. The van der Waals surface area contributed by atoms with Gasteiger partial charge in [0.2, 0.25) is 0 Å². The number of nitrogens with one attached hydrogen (secondary N) is 3. The van der Waals surface area contributed by atoms with E-state index in [1.807, 2.05) is 0 Å². The fraction of sp³-hybridized carbons (Fsp3) is 0.632. The van der Waals surface area contributed by atoms with Crippen molar-refractivity contribution >= 4 is 5.52 Å². The maximum atomic E-state index is 13.3. The Morgan fingerprint density at radius 2 is 2.00 bits per heavy atom. The lowest BCUT2D eigenvalue weighted by Crippen LogP contribution is -2.37. The van der Waals surface area contributed by atoms with Gasteiger partial charge in [0.15, 0.2) is 0 Å². The fourth-order valence-corrected chi connectivity index (χ4v) is 5.27. The number of rotatable bonds is 3. The quantitative estimate of drug-likeness (QED) is 0.747. The lowest BCUT2D eigenvalue weighted by molar-refractivity contribution is -0.136. The number of aromatic nitrogens is 2. The molecule has 3 fully saturated rings. The Balaban J connectivity index is 1.39. The van der Waals surface area contributed by atoms with Gasteiger partial charge in [-0.3, -0.25) is 14.3 Å². The summed E-state index contributed by atoms with van der Waals surface area (Å²) in [6, 6.07) is 2.29. The van der Waals surface area contributed by atoms with Gasteiger partial charge in [0, 0.05) is 18.4 Å². The van der Waals surface area contributed by atoms with Gasteiger partial charge in [0.05, 0.1) is 23.9 Å². The first kappa shape index (κ1) is 18.2. The van der Waals surface area contributed by atoms with Gasteiger partial charge < -0.3 is 0 Å². The fourth-order valence-electron chi connectivity index (χ4n) is 5.27. The van der Waals surface area contributed by atoms with Crippen molar-refractivity contribution in [2.24, 2.45) is 17.8 Å². The molecule has 0 amide bonds. The molecule has 2 saturated carbocycles. The van der Waals surface area contributed by atoms with Gasteiger partial charge in [-0.25, -0.2) is 15.6 Å². The minimum Gasteiger partial charge on any atom is -0.295 e. The molecule has 3 aliphatic rings. The van der Waals surface area contributed by atoms with Crippen molar-refractivity contribution in [3.63, 3.8) is 0 Å². The summed E-state index contributed by atoms with van der Waals surface area (Å²) in [7, 11) is 0. The van der Waals surface area contributed by atoms with E-state index in [9.17, 15) is 18.0 Å². The molecule has 3 N–H and O–H groups in total. The molecule has 6 nitrogen and oxygen atoms in total. The second-order valence-electron chi connectivity index (χ2n) is 8.32. The topological polar surface area (TPSA) is 62.5 Å². The van der Waals surface area contributed by atoms with Crippen LogP contribution < -0.4 is 21.9 Å². The Kier molecular flexibility index (Phi) is 4.29. The van der Waals surface area contributed by atoms with Crippen molar-refractivity contribution in [3.8, 4) is 0 Å². The van der Waals surface area contributed by atoms with Gasteiger partial charge >= 0.3 is 11.9 Å². The molecule has 2 aromatic rings. The Morgan fingerprint density at radius 1 is 1.14 bits per heavy atom. The van der Waals surface area contributed by atoms with Gasteiger partial charge in [-0.05, 0) is 49.1 Å². The van der Waals surface area contributed by atoms with Crippen LogP contribution in [0.2, 0.25) is 0 Å². The van der Waals surface area contributed by atoms with E-state index in [1.165, 1.54) is 18.5 Å². The third kappa shape index (κ3) is 3.05. The molecule has 3 heterocycles. The lowest BCUT2D eigenvalue weighted by atomic mass is 9.82. The minimum atomic E-state index is -4.48. The van der Waals surface area contributed by atoms with Gasteiger partial charge in [0.25, 0.3) is 0 Å². The average molecular weight is 395 g/mol. The molecule has 0 bridgehead atoms. The minimum absolute atomic E-state index is 0.0314. The molecule has 3 unspecified atom stereocenters. The van der Waals surface area contributed by atoms with Crippen molar-refractivity contribution in [3.05, 3.63) is 40.6 Å². The number of hydrogen-bond acceptors (Lipinski definition) is 4. The third-order valence-corrected chi connectivity index (χ3v) is 6.70. The summed E-state index contributed by atoms with van der Waals surface area (Å²) in [5.41, 5.74) is 5.15. The molecule has 9 heteroatoms. The first-order chi connectivity index (χ1) is 13.4. The Hall–Kier alpha value is -1.84. The van der Waals surface area contributed by atoms with Crippen LogP contribution in [0.15, 0.2) is 29.3 Å². The summed E-state index contributed by atoms with van der Waals surface area (Å²) in [5.74, 6) is 1.72. The second-order valence-corrected chi connectivity index (χ2v) is 8.32. The van der Waals surface area contributed by atoms with Crippen LogP contribution in [0.25, 0.3) is 5.52 Å². The summed E-state index contributed by atoms with van der Waals surface area (Å²) < 4.78 is 42.7. The normalized spacial score (nSPS) is 33.5. The molecule has 1 saturated heterocycles. The SMILES string of the molecule is O=c1n(C2CCCC([C@H]3C[C@H]3C3NCNN3)C2)cc2c(C(F)(F)F)cccn12. The number of pyridine rings is 1. The molecule has 0 spiro atoms. The highest BCUT2D eigenvalue weighted by molar-refractivity contribution is 5.54. The van der Waals surface area contributed by atoms with Crippen LogP contribution in [0.5, 0.6) is 0 Å². The molecule has 5 rings (SSSR count). The number of nitrogens with zero attached hydrogens (tertiary/aromatic N) is 2. The van der Waals surface area contributed by atoms with Crippen molar-refractivity contribution in [1.29, 1.82) is 0 Å². The van der Waals surface area contributed by atoms with E-state index in [0.717, 1.165) is 49.2 Å². The van der Waals surface area contributed by atoms with Crippen LogP contribution >= 0.6 is 0 Å². The monoisotopic (exact) mass is 395 g/mol. The molecule has 1 aliphatic heterocycles. The number of hydrogen-bond donors (Lipinski definition) is 3. The third-order valence-electron chi connectivity index (χ3n) is 6.70. The molecule has 0 aromatic carbocycles. The summed E-state index contributed by atoms with van der Waals surface area (Å²) in [6.07, 6.45) is 3.65. The molecule has 2 aromatic heterocycles. The summed E-state index contributed by atoms with van der Waals surface area (Å²) in [6.45, 7) is 0.759. The average Bonchev–Trinajstić information content (AvgIpc) is 3.13. The zero-order valence-corrected chi connectivity index (χ0v) is 15.4. The number of halogens is 3. The highest BCUT2D eigenvalue weighted by atomic mass is 19.4. The van der Waals surface area contributed by atoms with Crippen LogP contribution in [-0.2, 0) is 6.18 Å². The van der Waals surface area contributed by atoms with Crippen molar-refractivity contribution in [2.45, 2.75) is 50.5 Å². The van der Waals surface area contributed by atoms with E-state index in [2.05, 4.69) is 16.2 Å². The molecule has 0 radical (unpaired) electrons. The molecule has 2 aliphatic carbocycles. The second kappa shape index (κ2) is 6.60. The number of imidazole rings is 1. The smallest absolute Gasteiger partial charge is 0.295 e. The Labute approximate surface area is 160 Å². The van der Waals surface area contributed by atoms with Crippen LogP contribution in [-0.4, -0.2) is 21.8 Å². The zero-order valence-electron chi connectivity index (χ0n) is 15.4. The number of alkyl halides is 3. The predicted octanol–water partition coefficient (Wildman–Crippen LogP) is 2.47. The van der Waals surface area contributed by atoms with Gasteiger partial charge in [-0.15, -0.1) is 0 Å². The van der Waals surface area contributed by atoms with Crippen LogP contribution in [0.1, 0.15) is 43.7 Å². The molecular formula is C19H24F3N5O. The lowest BCUT2D eigenvalue weighted by Gasteiger charge is -2.30. The van der Waals surface area contributed by atoms with Crippen LogP contribution in [0.4, 0.5) is 13.2 Å². The maximum absolute atomic E-state index is 13.3. The highest BCUT2D eigenvalue weighted by Gasteiger charge is 2.49. The van der Waals surface area contributed by atoms with E-state index >= 15 is 0 Å². The first-order valence-corrected chi connectivity index (χ1v) is 9.94.